The van der Waals surface area contributed by atoms with E-state index in [2.05, 4.69) is 32.8 Å². The van der Waals surface area contributed by atoms with E-state index in [1.54, 1.807) is 17.0 Å². The van der Waals surface area contributed by atoms with Crippen molar-refractivity contribution in [2.24, 2.45) is 0 Å². The van der Waals surface area contributed by atoms with E-state index in [9.17, 15) is 14.8 Å². The predicted octanol–water partition coefficient (Wildman–Crippen LogP) is 4.27. The van der Waals surface area contributed by atoms with E-state index in [1.807, 2.05) is 12.1 Å². The molecule has 2 aromatic heterocycles. The molecule has 0 saturated carbocycles. The smallest absolute Gasteiger partial charge is 0.508 e. The molecule has 3 heterocycles. The van der Waals surface area contributed by atoms with E-state index in [-0.39, 0.29) is 31.9 Å². The molecule has 0 spiro atoms. The summed E-state index contributed by atoms with van der Waals surface area (Å²) < 4.78 is 18.3. The number of aromatic nitrogens is 4. The van der Waals surface area contributed by atoms with Gasteiger partial charge in [-0.25, -0.2) is 0 Å². The molecular formula is C23H29N6O4P. The van der Waals surface area contributed by atoms with E-state index in [0.29, 0.717) is 23.3 Å². The van der Waals surface area contributed by atoms with E-state index >= 15 is 0 Å². The zero-order chi connectivity index (χ0) is 24.1. The molecular weight excluding hydrogens is 455 g/mol. The Morgan fingerprint density at radius 1 is 1.32 bits per heavy atom. The fourth-order valence-corrected chi connectivity index (χ4v) is 4.38. The number of hydrogen-bond acceptors (Lipinski definition) is 9. The van der Waals surface area contributed by atoms with E-state index < -0.39 is 18.4 Å². The Hall–Kier alpha value is -2.90. The van der Waals surface area contributed by atoms with Gasteiger partial charge in [-0.05, 0) is 18.4 Å². The molecule has 180 valence electrons. The second-order valence-corrected chi connectivity index (χ2v) is 8.92. The Morgan fingerprint density at radius 3 is 2.94 bits per heavy atom. The number of aromatic hydroxyl groups is 1. The summed E-state index contributed by atoms with van der Waals surface area (Å²) in [7, 11) is -0.220. The van der Waals surface area contributed by atoms with Crippen molar-refractivity contribution in [2.75, 3.05) is 11.1 Å². The summed E-state index contributed by atoms with van der Waals surface area (Å²) in [5, 5.41) is 23.8. The molecule has 0 bridgehead atoms. The molecule has 34 heavy (non-hydrogen) atoms. The Bertz CT molecular complexity index is 1260. The molecule has 3 aromatic rings. The van der Waals surface area contributed by atoms with Crippen molar-refractivity contribution in [1.29, 1.82) is 0 Å². The van der Waals surface area contributed by atoms with Gasteiger partial charge in [0.25, 0.3) is 0 Å². The van der Waals surface area contributed by atoms with Crippen LogP contribution in [0.15, 0.2) is 24.5 Å². The van der Waals surface area contributed by atoms with Crippen LogP contribution in [-0.2, 0) is 15.7 Å². The number of nitrogens with two attached hydrogens (primary N) is 1. The third-order valence-corrected chi connectivity index (χ3v) is 6.27. The van der Waals surface area contributed by atoms with Crippen molar-refractivity contribution in [3.05, 3.63) is 30.1 Å². The number of rotatable bonds is 9. The summed E-state index contributed by atoms with van der Waals surface area (Å²) in [6, 6.07) is 5.43. The molecule has 1 saturated heterocycles. The monoisotopic (exact) mass is 484 g/mol. The topological polar surface area (TPSA) is 148 Å². The first kappa shape index (κ1) is 24.2. The third-order valence-electron chi connectivity index (χ3n) is 5.96. The van der Waals surface area contributed by atoms with Gasteiger partial charge in [0.15, 0.2) is 0 Å². The number of phenolic OH excluding ortho intramolecular Hbond substituents is 1. The summed E-state index contributed by atoms with van der Waals surface area (Å²) in [5.41, 5.74) is 11.2. The van der Waals surface area contributed by atoms with Crippen LogP contribution in [0.4, 0.5) is 17.5 Å². The van der Waals surface area contributed by atoms with Crippen molar-refractivity contribution in [3.8, 4) is 11.4 Å². The maximum absolute atomic E-state index is 10.7. The van der Waals surface area contributed by atoms with Gasteiger partial charge in [0.1, 0.15) is 5.75 Å². The number of imidazole rings is 1. The van der Waals surface area contributed by atoms with Gasteiger partial charge >= 0.3 is 137 Å². The number of nitrogens with one attached hydrogen (secondary N) is 1. The van der Waals surface area contributed by atoms with Gasteiger partial charge in [-0.15, -0.1) is 0 Å². The van der Waals surface area contributed by atoms with Gasteiger partial charge < -0.3 is 5.11 Å². The van der Waals surface area contributed by atoms with Crippen LogP contribution in [0.5, 0.6) is 5.75 Å². The van der Waals surface area contributed by atoms with E-state index in [0.717, 1.165) is 24.8 Å². The standard InChI is InChI=1S/C23H29N6O4P/c1-2-3-4-5-6-14-7-8-15(11-16(14)30)26-23-27-21(24)20-22(28-23)29(13-25-20)19-12-17(31)18(33-19)9-10-34-32/h7-8,11,13,17-19,30-31H,2-6,9,12H2,1H3,(H3,24,26,27,28). The minimum atomic E-state index is -0.725. The fraction of sp³-hybridized carbons (Fsp3) is 0.478. The van der Waals surface area contributed by atoms with Crippen LogP contribution in [0.25, 0.3) is 11.2 Å². The van der Waals surface area contributed by atoms with Crippen LogP contribution in [0.2, 0.25) is 0 Å². The van der Waals surface area contributed by atoms with Crippen molar-refractivity contribution < 1.29 is 19.5 Å². The molecule has 1 aliphatic heterocycles. The number of nitrogens with zero attached hydrogens (tertiary/aromatic N) is 4. The van der Waals surface area contributed by atoms with Gasteiger partial charge in [0.2, 0.25) is 0 Å². The number of aryl methyl sites for hydroxylation is 1. The van der Waals surface area contributed by atoms with Gasteiger partial charge in [-0.2, -0.15) is 0 Å². The van der Waals surface area contributed by atoms with Crippen LogP contribution in [-0.4, -0.2) is 41.9 Å². The molecule has 1 fully saturated rings. The summed E-state index contributed by atoms with van der Waals surface area (Å²) in [6.07, 6.45) is 5.78. The maximum atomic E-state index is 10.7. The molecule has 3 atom stereocenters. The van der Waals surface area contributed by atoms with Gasteiger partial charge in [-0.1, -0.05) is 32.3 Å². The molecule has 1 aromatic carbocycles. The normalized spacial score (nSPS) is 19.9. The molecule has 4 rings (SSSR count). The van der Waals surface area contributed by atoms with Crippen LogP contribution < -0.4 is 11.1 Å². The Balaban J connectivity index is 1.52. The minimum absolute atomic E-state index is 0.199. The number of benzene rings is 1. The molecule has 3 unspecified atom stereocenters. The Labute approximate surface area is 198 Å². The average molecular weight is 484 g/mol. The molecule has 0 amide bonds. The van der Waals surface area contributed by atoms with Crippen molar-refractivity contribution in [1.82, 2.24) is 19.5 Å². The molecule has 0 aliphatic carbocycles. The van der Waals surface area contributed by atoms with Crippen LogP contribution >= 0.6 is 7.92 Å². The van der Waals surface area contributed by atoms with Gasteiger partial charge in [0.05, 0.1) is 0 Å². The Kier molecular flexibility index (Phi) is 7.85. The predicted molar refractivity (Wildman–Crippen MR) is 130 cm³/mol. The molecule has 0 radical (unpaired) electrons. The van der Waals surface area contributed by atoms with Crippen LogP contribution in [0.3, 0.4) is 0 Å². The number of anilines is 3. The summed E-state index contributed by atoms with van der Waals surface area (Å²) in [4.78, 5) is 13.2. The first-order valence-electron chi connectivity index (χ1n) is 11.5. The van der Waals surface area contributed by atoms with Crippen LogP contribution in [0, 0.1) is 5.63 Å². The number of unbranched alkanes of at least 4 members (excludes halogenated alkanes) is 3. The molecule has 1 aliphatic rings. The zero-order valence-corrected chi connectivity index (χ0v) is 19.9. The SMILES string of the molecule is CCCCCCc1ccc(Nc2nc(N)c3ncn(C4CC(O)C(CC#P=O)O4)c3n2)cc1O. The van der Waals surface area contributed by atoms with Crippen LogP contribution in [0.1, 0.15) is 57.2 Å². The van der Waals surface area contributed by atoms with Gasteiger partial charge in [0, 0.05) is 0 Å². The Morgan fingerprint density at radius 2 is 2.18 bits per heavy atom. The molecule has 10 nitrogen and oxygen atoms in total. The number of nitrogen functional groups attached to an aromatic ring is 1. The number of ether oxygens (including phenoxy) is 1. The number of aliphatic hydroxyl groups excluding tert-OH is 1. The fourth-order valence-electron chi connectivity index (χ4n) is 4.13. The second kappa shape index (κ2) is 11.0. The first-order chi connectivity index (χ1) is 16.5. The minimum Gasteiger partial charge on any atom is -0.508 e. The quantitative estimate of drug-likeness (QED) is 0.258. The summed E-state index contributed by atoms with van der Waals surface area (Å²) >= 11 is 0. The van der Waals surface area contributed by atoms with Crippen molar-refractivity contribution in [3.63, 3.8) is 0 Å². The third kappa shape index (κ3) is 5.42. The molecule has 11 heteroatoms. The summed E-state index contributed by atoms with van der Waals surface area (Å²) in [5.74, 6) is 0.680. The van der Waals surface area contributed by atoms with Crippen molar-refractivity contribution in [2.45, 2.75) is 70.3 Å². The zero-order valence-electron chi connectivity index (χ0n) is 19.0. The summed E-state index contributed by atoms with van der Waals surface area (Å²) in [6.45, 7) is 2.17. The number of hydrogen-bond donors (Lipinski definition) is 4. The van der Waals surface area contributed by atoms with Crippen molar-refractivity contribution >= 4 is 36.5 Å². The molecule has 5 N–H and O–H groups in total. The second-order valence-electron chi connectivity index (χ2n) is 8.42. The van der Waals surface area contributed by atoms with E-state index in [1.165, 1.54) is 12.8 Å². The number of aliphatic hydroxyl groups is 1. The number of fused-ring (bicyclic) bond motifs is 1. The number of phenols is 1. The van der Waals surface area contributed by atoms with Gasteiger partial charge in [-0.3, -0.25) is 0 Å². The van der Waals surface area contributed by atoms with E-state index in [4.69, 9.17) is 10.5 Å². The average Bonchev–Trinajstić information content (AvgIpc) is 3.40. The first-order valence-corrected chi connectivity index (χ1v) is 12.3.